The molecule has 1 aromatic heterocycles. The highest BCUT2D eigenvalue weighted by Crippen LogP contribution is 2.20. The van der Waals surface area contributed by atoms with E-state index in [1.807, 2.05) is 30.3 Å². The van der Waals surface area contributed by atoms with Crippen molar-refractivity contribution >= 4 is 28.3 Å². The maximum absolute atomic E-state index is 11.7. The van der Waals surface area contributed by atoms with Crippen molar-refractivity contribution in [3.63, 3.8) is 0 Å². The molecule has 1 heterocycles. The number of carbonyl (C=O) groups is 2. The number of rotatable bonds is 6. The van der Waals surface area contributed by atoms with Crippen LogP contribution >= 0.6 is 11.3 Å². The van der Waals surface area contributed by atoms with E-state index in [9.17, 15) is 9.59 Å². The van der Waals surface area contributed by atoms with Gasteiger partial charge in [-0.1, -0.05) is 30.3 Å². The van der Waals surface area contributed by atoms with Crippen LogP contribution in [-0.2, 0) is 16.1 Å². The lowest BCUT2D eigenvalue weighted by atomic mass is 10.2. The van der Waals surface area contributed by atoms with Crippen molar-refractivity contribution in [2.45, 2.75) is 13.5 Å². The predicted molar refractivity (Wildman–Crippen MR) is 80.2 cm³/mol. The van der Waals surface area contributed by atoms with Crippen LogP contribution in [-0.4, -0.2) is 23.4 Å². The molecule has 6 nitrogen and oxygen atoms in total. The van der Waals surface area contributed by atoms with Crippen LogP contribution in [0.2, 0.25) is 0 Å². The number of ether oxygens (including phenoxy) is 1. The van der Waals surface area contributed by atoms with Crippen molar-refractivity contribution in [1.82, 2.24) is 10.3 Å². The number of nitrogens with zero attached hydrogens (tertiary/aromatic N) is 1. The molecule has 0 fully saturated rings. The number of aromatic nitrogens is 1. The van der Waals surface area contributed by atoms with E-state index < -0.39 is 5.97 Å². The van der Waals surface area contributed by atoms with Gasteiger partial charge in [0.1, 0.15) is 0 Å². The quantitative estimate of drug-likeness (QED) is 0.795. The van der Waals surface area contributed by atoms with E-state index in [1.165, 1.54) is 18.3 Å². The Morgan fingerprint density at radius 2 is 2.05 bits per heavy atom. The summed E-state index contributed by atoms with van der Waals surface area (Å²) in [7, 11) is 0. The number of thiazole rings is 1. The Morgan fingerprint density at radius 1 is 1.29 bits per heavy atom. The molecule has 0 saturated carbocycles. The third-order valence-electron chi connectivity index (χ3n) is 2.44. The topological polar surface area (TPSA) is 80.3 Å². The lowest BCUT2D eigenvalue weighted by Gasteiger charge is -2.04. The van der Waals surface area contributed by atoms with Crippen molar-refractivity contribution in [3.05, 3.63) is 41.3 Å². The monoisotopic (exact) mass is 305 g/mol. The molecule has 110 valence electrons. The Kier molecular flexibility index (Phi) is 5.42. The van der Waals surface area contributed by atoms with Gasteiger partial charge in [-0.3, -0.25) is 9.59 Å². The first-order valence-electron chi connectivity index (χ1n) is 6.32. The van der Waals surface area contributed by atoms with Crippen LogP contribution in [0.1, 0.15) is 12.5 Å². The summed E-state index contributed by atoms with van der Waals surface area (Å²) in [6.45, 7) is 2.09. The molecule has 2 aromatic rings. The van der Waals surface area contributed by atoms with Crippen molar-refractivity contribution in [1.29, 1.82) is 0 Å². The van der Waals surface area contributed by atoms with Gasteiger partial charge in [-0.2, -0.15) is 4.98 Å². The van der Waals surface area contributed by atoms with E-state index >= 15 is 0 Å². The van der Waals surface area contributed by atoms with Crippen LogP contribution in [0.5, 0.6) is 5.88 Å². The van der Waals surface area contributed by atoms with Crippen molar-refractivity contribution in [2.75, 3.05) is 11.9 Å². The molecular formula is C14H15N3O3S. The molecule has 0 bridgehead atoms. The minimum Gasteiger partial charge on any atom is -0.407 e. The number of benzene rings is 1. The zero-order chi connectivity index (χ0) is 15.1. The molecule has 2 rings (SSSR count). The van der Waals surface area contributed by atoms with Gasteiger partial charge in [0.2, 0.25) is 11.8 Å². The average Bonchev–Trinajstić information content (AvgIpc) is 2.86. The van der Waals surface area contributed by atoms with Crippen LogP contribution in [0.15, 0.2) is 35.7 Å². The molecule has 0 saturated heterocycles. The molecule has 1 amide bonds. The van der Waals surface area contributed by atoms with Crippen molar-refractivity contribution in [2.24, 2.45) is 0 Å². The van der Waals surface area contributed by atoms with Gasteiger partial charge < -0.3 is 15.4 Å². The molecule has 2 N–H and O–H groups in total. The summed E-state index contributed by atoms with van der Waals surface area (Å²) in [6, 6.07) is 9.81. The molecule has 0 aliphatic rings. The SMILES string of the molecule is CC(=O)Oc1csc(NC(=O)CNCc2ccccc2)n1. The zero-order valence-electron chi connectivity index (χ0n) is 11.5. The highest BCUT2D eigenvalue weighted by Gasteiger charge is 2.08. The van der Waals surface area contributed by atoms with Gasteiger partial charge in [0.15, 0.2) is 5.13 Å². The van der Waals surface area contributed by atoms with E-state index in [1.54, 1.807) is 5.38 Å². The van der Waals surface area contributed by atoms with Gasteiger partial charge in [-0.15, -0.1) is 11.3 Å². The summed E-state index contributed by atoms with van der Waals surface area (Å²) in [6.07, 6.45) is 0. The van der Waals surface area contributed by atoms with Gasteiger partial charge in [0.05, 0.1) is 11.9 Å². The summed E-state index contributed by atoms with van der Waals surface area (Å²) in [4.78, 5) is 26.5. The molecule has 0 aliphatic heterocycles. The third-order valence-corrected chi connectivity index (χ3v) is 3.17. The number of esters is 1. The van der Waals surface area contributed by atoms with Crippen molar-refractivity contribution < 1.29 is 14.3 Å². The standard InChI is InChI=1S/C14H15N3O3S/c1-10(18)20-13-9-21-14(17-13)16-12(19)8-15-7-11-5-3-2-4-6-11/h2-6,9,15H,7-8H2,1H3,(H,16,17,19). The van der Waals surface area contributed by atoms with E-state index in [2.05, 4.69) is 15.6 Å². The molecular weight excluding hydrogens is 290 g/mol. The van der Waals surface area contributed by atoms with Crippen LogP contribution in [0, 0.1) is 0 Å². The molecule has 1 aromatic carbocycles. The molecule has 0 spiro atoms. The third kappa shape index (κ3) is 5.33. The summed E-state index contributed by atoms with van der Waals surface area (Å²) >= 11 is 1.20. The Balaban J connectivity index is 1.74. The fourth-order valence-electron chi connectivity index (χ4n) is 1.59. The van der Waals surface area contributed by atoms with E-state index in [-0.39, 0.29) is 18.3 Å². The lowest BCUT2D eigenvalue weighted by Crippen LogP contribution is -2.27. The number of hydrogen-bond acceptors (Lipinski definition) is 6. The molecule has 0 radical (unpaired) electrons. The molecule has 7 heteroatoms. The smallest absolute Gasteiger partial charge is 0.309 e. The van der Waals surface area contributed by atoms with Crippen LogP contribution in [0.4, 0.5) is 5.13 Å². The predicted octanol–water partition coefficient (Wildman–Crippen LogP) is 1.80. The van der Waals surface area contributed by atoms with Crippen LogP contribution in [0.3, 0.4) is 0 Å². The average molecular weight is 305 g/mol. The second kappa shape index (κ2) is 7.51. The van der Waals surface area contributed by atoms with Gasteiger partial charge in [-0.25, -0.2) is 0 Å². The first kappa shape index (κ1) is 15.1. The van der Waals surface area contributed by atoms with E-state index in [4.69, 9.17) is 4.74 Å². The first-order valence-corrected chi connectivity index (χ1v) is 7.20. The molecule has 0 aliphatic carbocycles. The second-order valence-electron chi connectivity index (χ2n) is 4.22. The van der Waals surface area contributed by atoms with Crippen LogP contribution < -0.4 is 15.4 Å². The summed E-state index contributed by atoms with van der Waals surface area (Å²) in [5, 5.41) is 7.64. The summed E-state index contributed by atoms with van der Waals surface area (Å²) < 4.78 is 4.81. The fraction of sp³-hybridized carbons (Fsp3) is 0.214. The highest BCUT2D eigenvalue weighted by atomic mass is 32.1. The number of anilines is 1. The first-order chi connectivity index (χ1) is 10.1. The zero-order valence-corrected chi connectivity index (χ0v) is 12.3. The maximum Gasteiger partial charge on any atom is 0.309 e. The lowest BCUT2D eigenvalue weighted by molar-refractivity contribution is -0.132. The Bertz CT molecular complexity index is 613. The molecule has 21 heavy (non-hydrogen) atoms. The minimum atomic E-state index is -0.442. The molecule has 0 unspecified atom stereocenters. The fourth-order valence-corrected chi connectivity index (χ4v) is 2.22. The van der Waals surface area contributed by atoms with Gasteiger partial charge >= 0.3 is 5.97 Å². The van der Waals surface area contributed by atoms with E-state index in [0.29, 0.717) is 11.7 Å². The Hall–Kier alpha value is -2.25. The number of nitrogens with one attached hydrogen (secondary N) is 2. The van der Waals surface area contributed by atoms with Crippen LogP contribution in [0.25, 0.3) is 0 Å². The molecule has 0 atom stereocenters. The highest BCUT2D eigenvalue weighted by molar-refractivity contribution is 7.14. The Morgan fingerprint density at radius 3 is 2.76 bits per heavy atom. The number of hydrogen-bond donors (Lipinski definition) is 2. The van der Waals surface area contributed by atoms with Crippen molar-refractivity contribution in [3.8, 4) is 5.88 Å². The maximum atomic E-state index is 11.7. The number of amides is 1. The normalized spacial score (nSPS) is 10.1. The number of carbonyl (C=O) groups excluding carboxylic acids is 2. The van der Waals surface area contributed by atoms with Gasteiger partial charge in [-0.05, 0) is 5.56 Å². The second-order valence-corrected chi connectivity index (χ2v) is 5.08. The van der Waals surface area contributed by atoms with Gasteiger partial charge in [0.25, 0.3) is 0 Å². The van der Waals surface area contributed by atoms with E-state index in [0.717, 1.165) is 5.56 Å². The van der Waals surface area contributed by atoms with Gasteiger partial charge in [0, 0.05) is 13.5 Å². The Labute approximate surface area is 126 Å². The largest absolute Gasteiger partial charge is 0.407 e. The minimum absolute atomic E-state index is 0.178. The summed E-state index contributed by atoms with van der Waals surface area (Å²) in [5.41, 5.74) is 1.11. The summed E-state index contributed by atoms with van der Waals surface area (Å²) in [5.74, 6) is -0.447.